The number of aryl methyl sites for hydroxylation is 1. The molecule has 2 heterocycles. The molecule has 1 aromatic heterocycles. The number of hydrogen-bond donors (Lipinski definition) is 1. The van der Waals surface area contributed by atoms with Crippen molar-refractivity contribution in [3.8, 4) is 11.4 Å². The molecule has 1 saturated heterocycles. The van der Waals surface area contributed by atoms with Crippen molar-refractivity contribution in [1.29, 1.82) is 0 Å². The molecule has 1 fully saturated rings. The lowest BCUT2D eigenvalue weighted by molar-refractivity contribution is 0.207. The first-order chi connectivity index (χ1) is 10.9. The summed E-state index contributed by atoms with van der Waals surface area (Å²) in [5, 5.41) is 21.4. The number of ether oxygens (including phenoxy) is 1. The minimum atomic E-state index is -3.22. The number of aromatic nitrogens is 4. The molecule has 0 aliphatic carbocycles. The van der Waals surface area contributed by atoms with Crippen molar-refractivity contribution < 1.29 is 18.3 Å². The van der Waals surface area contributed by atoms with Crippen molar-refractivity contribution >= 4 is 21.6 Å². The van der Waals surface area contributed by atoms with Gasteiger partial charge in [-0.2, -0.15) is 4.68 Å². The molecule has 3 rings (SSSR count). The molecule has 0 radical (unpaired) electrons. The lowest BCUT2D eigenvalue weighted by Crippen LogP contribution is -2.20. The number of hydrogen-bond acceptors (Lipinski definition) is 8. The van der Waals surface area contributed by atoms with Crippen molar-refractivity contribution in [2.75, 3.05) is 18.6 Å². The number of benzene rings is 1. The summed E-state index contributed by atoms with van der Waals surface area (Å²) in [5.41, 5.74) is 1.67. The Labute approximate surface area is 137 Å². The highest BCUT2D eigenvalue weighted by Crippen LogP contribution is 2.32. The van der Waals surface area contributed by atoms with Gasteiger partial charge in [-0.15, -0.1) is 5.10 Å². The van der Waals surface area contributed by atoms with E-state index in [0.717, 1.165) is 17.3 Å². The Morgan fingerprint density at radius 2 is 2.17 bits per heavy atom. The second kappa shape index (κ2) is 6.10. The van der Waals surface area contributed by atoms with Gasteiger partial charge in [0.25, 0.3) is 0 Å². The second-order valence-electron chi connectivity index (χ2n) is 5.35. The molecule has 0 spiro atoms. The summed E-state index contributed by atoms with van der Waals surface area (Å²) in [7, 11) is -1.66. The molecular weight excluding hydrogens is 340 g/mol. The normalized spacial score (nSPS) is 23.1. The fourth-order valence-electron chi connectivity index (χ4n) is 2.41. The van der Waals surface area contributed by atoms with Crippen molar-refractivity contribution in [1.82, 2.24) is 20.2 Å². The van der Waals surface area contributed by atoms with Gasteiger partial charge in [-0.05, 0) is 35.0 Å². The van der Waals surface area contributed by atoms with Crippen LogP contribution in [0.5, 0.6) is 5.75 Å². The molecule has 2 atom stereocenters. The number of methoxy groups -OCH3 is 1. The molecule has 1 N–H and O–H groups in total. The van der Waals surface area contributed by atoms with E-state index in [4.69, 9.17) is 4.74 Å². The molecule has 2 aromatic rings. The van der Waals surface area contributed by atoms with Crippen molar-refractivity contribution in [2.45, 2.75) is 23.4 Å². The Hall–Kier alpha value is -1.65. The van der Waals surface area contributed by atoms with Crippen LogP contribution in [0.2, 0.25) is 0 Å². The number of nitrogens with zero attached hydrogens (tertiary/aromatic N) is 4. The fourth-order valence-corrected chi connectivity index (χ4v) is 5.88. The summed E-state index contributed by atoms with van der Waals surface area (Å²) in [4.78, 5) is 0. The van der Waals surface area contributed by atoms with Crippen LogP contribution in [0.3, 0.4) is 0 Å². The number of rotatable bonds is 4. The van der Waals surface area contributed by atoms with E-state index >= 15 is 0 Å². The van der Waals surface area contributed by atoms with Gasteiger partial charge >= 0.3 is 0 Å². The molecule has 0 amide bonds. The summed E-state index contributed by atoms with van der Waals surface area (Å²) < 4.78 is 30.1. The zero-order chi connectivity index (χ0) is 16.6. The average Bonchev–Trinajstić information content (AvgIpc) is 3.03. The van der Waals surface area contributed by atoms with E-state index < -0.39 is 21.2 Å². The minimum absolute atomic E-state index is 0.0867. The van der Waals surface area contributed by atoms with E-state index in [1.54, 1.807) is 7.11 Å². The molecule has 124 valence electrons. The Bertz CT molecular complexity index is 821. The third-order valence-electron chi connectivity index (χ3n) is 3.53. The van der Waals surface area contributed by atoms with Gasteiger partial charge in [0.15, 0.2) is 9.84 Å². The van der Waals surface area contributed by atoms with Crippen molar-refractivity contribution in [3.63, 3.8) is 0 Å². The topological polar surface area (TPSA) is 107 Å². The Morgan fingerprint density at radius 3 is 2.83 bits per heavy atom. The van der Waals surface area contributed by atoms with Gasteiger partial charge < -0.3 is 9.84 Å². The third-order valence-corrected chi connectivity index (χ3v) is 6.71. The monoisotopic (exact) mass is 356 g/mol. The predicted octanol–water partition coefficient (Wildman–Crippen LogP) is 0.229. The van der Waals surface area contributed by atoms with Crippen LogP contribution >= 0.6 is 11.8 Å². The van der Waals surface area contributed by atoms with Crippen LogP contribution in [0.25, 0.3) is 5.69 Å². The van der Waals surface area contributed by atoms with Gasteiger partial charge in [-0.1, -0.05) is 17.8 Å². The SMILES string of the molecule is COc1ccc(C)cc1-n1nnnc1S[C@H]1CS(=O)(=O)C[C@@H]1O. The van der Waals surface area contributed by atoms with E-state index in [1.807, 2.05) is 25.1 Å². The van der Waals surface area contributed by atoms with Crippen molar-refractivity contribution in [2.24, 2.45) is 0 Å². The first-order valence-corrected chi connectivity index (χ1v) is 9.58. The van der Waals surface area contributed by atoms with E-state index in [2.05, 4.69) is 15.5 Å². The van der Waals surface area contributed by atoms with Crippen LogP contribution in [0, 0.1) is 6.92 Å². The number of sulfone groups is 1. The van der Waals surface area contributed by atoms with E-state index in [0.29, 0.717) is 16.6 Å². The highest BCUT2D eigenvalue weighted by Gasteiger charge is 2.38. The maximum Gasteiger partial charge on any atom is 0.214 e. The van der Waals surface area contributed by atoms with Gasteiger partial charge in [0.1, 0.15) is 11.4 Å². The Morgan fingerprint density at radius 1 is 1.39 bits per heavy atom. The van der Waals surface area contributed by atoms with Crippen LogP contribution in [-0.4, -0.2) is 63.7 Å². The summed E-state index contributed by atoms with van der Waals surface area (Å²) in [6.07, 6.45) is -0.922. The average molecular weight is 356 g/mol. The third kappa shape index (κ3) is 3.33. The van der Waals surface area contributed by atoms with Crippen LogP contribution in [-0.2, 0) is 9.84 Å². The lowest BCUT2D eigenvalue weighted by Gasteiger charge is -2.13. The highest BCUT2D eigenvalue weighted by molar-refractivity contribution is 8.01. The first kappa shape index (κ1) is 16.2. The summed E-state index contributed by atoms with van der Waals surface area (Å²) >= 11 is 1.16. The molecular formula is C13H16N4O4S2. The van der Waals surface area contributed by atoms with Gasteiger partial charge in [-0.3, -0.25) is 0 Å². The molecule has 1 aliphatic heterocycles. The zero-order valence-corrected chi connectivity index (χ0v) is 14.2. The smallest absolute Gasteiger partial charge is 0.214 e. The Balaban J connectivity index is 1.93. The van der Waals surface area contributed by atoms with E-state index in [1.165, 1.54) is 4.68 Å². The zero-order valence-electron chi connectivity index (χ0n) is 12.6. The van der Waals surface area contributed by atoms with Crippen LogP contribution in [0.4, 0.5) is 0 Å². The van der Waals surface area contributed by atoms with Gasteiger partial charge in [-0.25, -0.2) is 8.42 Å². The quantitative estimate of drug-likeness (QED) is 0.829. The van der Waals surface area contributed by atoms with E-state index in [-0.39, 0.29) is 11.5 Å². The van der Waals surface area contributed by atoms with Crippen molar-refractivity contribution in [3.05, 3.63) is 23.8 Å². The second-order valence-corrected chi connectivity index (χ2v) is 8.71. The van der Waals surface area contributed by atoms with Crippen LogP contribution < -0.4 is 4.74 Å². The molecule has 0 saturated carbocycles. The van der Waals surface area contributed by atoms with Gasteiger partial charge in [0.05, 0.1) is 30.0 Å². The maximum atomic E-state index is 11.6. The minimum Gasteiger partial charge on any atom is -0.494 e. The number of tetrazole rings is 1. The number of thioether (sulfide) groups is 1. The van der Waals surface area contributed by atoms with E-state index in [9.17, 15) is 13.5 Å². The molecule has 0 unspecified atom stereocenters. The van der Waals surface area contributed by atoms with Gasteiger partial charge in [0.2, 0.25) is 5.16 Å². The molecule has 1 aliphatic rings. The maximum absolute atomic E-state index is 11.6. The highest BCUT2D eigenvalue weighted by atomic mass is 32.2. The first-order valence-electron chi connectivity index (χ1n) is 6.88. The molecule has 0 bridgehead atoms. The number of aliphatic hydroxyl groups excluding tert-OH is 1. The molecule has 8 nitrogen and oxygen atoms in total. The summed E-state index contributed by atoms with van der Waals surface area (Å²) in [6, 6.07) is 5.60. The molecule has 23 heavy (non-hydrogen) atoms. The fraction of sp³-hybridized carbons (Fsp3) is 0.462. The standard InChI is InChI=1S/C13H16N4O4S2/c1-8-3-4-11(21-2)9(5-8)17-13(14-15-16-17)22-12-7-23(19,20)6-10(12)18/h3-5,10,12,18H,6-7H2,1-2H3/t10-,12-/m0/s1. The van der Waals surface area contributed by atoms with Crippen LogP contribution in [0.15, 0.2) is 23.4 Å². The number of aliphatic hydroxyl groups is 1. The van der Waals surface area contributed by atoms with Gasteiger partial charge in [0, 0.05) is 0 Å². The Kier molecular flexibility index (Phi) is 4.30. The summed E-state index contributed by atoms with van der Waals surface area (Å²) in [5.74, 6) is 0.292. The largest absolute Gasteiger partial charge is 0.494 e. The predicted molar refractivity (Wildman–Crippen MR) is 84.7 cm³/mol. The van der Waals surface area contributed by atoms with Crippen LogP contribution in [0.1, 0.15) is 5.56 Å². The summed E-state index contributed by atoms with van der Waals surface area (Å²) in [6.45, 7) is 1.94. The lowest BCUT2D eigenvalue weighted by atomic mass is 10.2. The molecule has 1 aromatic carbocycles. The molecule has 10 heteroatoms.